The van der Waals surface area contributed by atoms with Crippen LogP contribution < -0.4 is 0 Å². The lowest BCUT2D eigenvalue weighted by Crippen LogP contribution is -1.75. The van der Waals surface area contributed by atoms with Gasteiger partial charge in [-0.3, -0.25) is 0 Å². The predicted octanol–water partition coefficient (Wildman–Crippen LogP) is 3.41. The van der Waals surface area contributed by atoms with E-state index in [4.69, 9.17) is 16.7 Å². The van der Waals surface area contributed by atoms with Crippen molar-refractivity contribution in [2.45, 2.75) is 0 Å². The molecular weight excluding hydrogens is 330 g/mol. The Labute approximate surface area is 85.7 Å². The number of aromatic hydroxyl groups is 1. The Morgan fingerprint density at radius 2 is 2.10 bits per heavy atom. The molecule has 1 N–H and O–H groups in total. The number of phenols is 1. The van der Waals surface area contributed by atoms with E-state index < -0.39 is 0 Å². The van der Waals surface area contributed by atoms with Crippen molar-refractivity contribution >= 4 is 50.1 Å². The van der Waals surface area contributed by atoms with Crippen LogP contribution in [0.5, 0.6) is 5.75 Å². The molecule has 0 saturated carbocycles. The average Bonchev–Trinajstić information content (AvgIpc) is 1.82. The van der Waals surface area contributed by atoms with Crippen molar-refractivity contribution in [3.05, 3.63) is 25.2 Å². The van der Waals surface area contributed by atoms with Crippen molar-refractivity contribution in [3.63, 3.8) is 0 Å². The second-order valence-electron chi connectivity index (χ2n) is 1.72. The molecule has 1 aromatic carbocycles. The van der Waals surface area contributed by atoms with Crippen LogP contribution in [0, 0.1) is 3.57 Å². The third-order valence-electron chi connectivity index (χ3n) is 0.974. The molecule has 0 atom stereocenters. The molecule has 10 heavy (non-hydrogen) atoms. The average molecular weight is 333 g/mol. The Kier molecular flexibility index (Phi) is 2.82. The summed E-state index contributed by atoms with van der Waals surface area (Å²) in [4.78, 5) is 0. The largest absolute Gasteiger partial charge is 0.507 e. The molecule has 0 aliphatic carbocycles. The van der Waals surface area contributed by atoms with Crippen LogP contribution in [-0.2, 0) is 0 Å². The summed E-state index contributed by atoms with van der Waals surface area (Å²) >= 11 is 10.9. The zero-order chi connectivity index (χ0) is 7.72. The Balaban J connectivity index is 3.31. The number of halogens is 3. The lowest BCUT2D eigenvalue weighted by Gasteiger charge is -1.99. The highest BCUT2D eigenvalue weighted by atomic mass is 127. The first-order chi connectivity index (χ1) is 4.61. The highest BCUT2D eigenvalue weighted by Gasteiger charge is 2.03. The summed E-state index contributed by atoms with van der Waals surface area (Å²) < 4.78 is 1.47. The van der Waals surface area contributed by atoms with Crippen molar-refractivity contribution in [2.75, 3.05) is 0 Å². The first kappa shape index (κ1) is 8.62. The standard InChI is InChI=1S/C6H3BrClIO/c7-3-1-4(8)6(9)5(10)2-3/h1-2,10H. The third-order valence-corrected chi connectivity index (χ3v) is 3.18. The number of rotatable bonds is 0. The monoisotopic (exact) mass is 332 g/mol. The Hall–Kier alpha value is 0.520. The van der Waals surface area contributed by atoms with E-state index in [0.29, 0.717) is 8.59 Å². The maximum Gasteiger partial charge on any atom is 0.131 e. The van der Waals surface area contributed by atoms with E-state index >= 15 is 0 Å². The van der Waals surface area contributed by atoms with Gasteiger partial charge >= 0.3 is 0 Å². The van der Waals surface area contributed by atoms with Gasteiger partial charge in [-0.05, 0) is 34.7 Å². The summed E-state index contributed by atoms with van der Waals surface area (Å²) in [6.45, 7) is 0. The first-order valence-electron chi connectivity index (χ1n) is 2.45. The first-order valence-corrected chi connectivity index (χ1v) is 4.69. The molecule has 0 aliphatic rings. The van der Waals surface area contributed by atoms with E-state index in [2.05, 4.69) is 15.9 Å². The molecule has 0 spiro atoms. The maximum atomic E-state index is 9.16. The van der Waals surface area contributed by atoms with Gasteiger partial charge in [0.25, 0.3) is 0 Å². The normalized spacial score (nSPS) is 9.90. The van der Waals surface area contributed by atoms with E-state index in [0.717, 1.165) is 4.47 Å². The Morgan fingerprint density at radius 3 is 2.60 bits per heavy atom. The van der Waals surface area contributed by atoms with Gasteiger partial charge in [0.2, 0.25) is 0 Å². The molecular formula is C6H3BrClIO. The van der Waals surface area contributed by atoms with Crippen molar-refractivity contribution in [1.82, 2.24) is 0 Å². The minimum atomic E-state index is 0.208. The maximum absolute atomic E-state index is 9.16. The fourth-order valence-corrected chi connectivity index (χ4v) is 1.65. The quantitative estimate of drug-likeness (QED) is 0.570. The molecule has 0 amide bonds. The van der Waals surface area contributed by atoms with Crippen molar-refractivity contribution in [3.8, 4) is 5.75 Å². The van der Waals surface area contributed by atoms with Gasteiger partial charge in [-0.2, -0.15) is 0 Å². The third kappa shape index (κ3) is 1.77. The SMILES string of the molecule is Oc1cc(Br)cc(Cl)c1I. The van der Waals surface area contributed by atoms with Crippen LogP contribution >= 0.6 is 50.1 Å². The summed E-state index contributed by atoms with van der Waals surface area (Å²) in [6.07, 6.45) is 0. The van der Waals surface area contributed by atoms with Gasteiger partial charge in [-0.1, -0.05) is 27.5 Å². The number of hydrogen-bond donors (Lipinski definition) is 1. The van der Waals surface area contributed by atoms with Crippen LogP contribution in [0.3, 0.4) is 0 Å². The van der Waals surface area contributed by atoms with E-state index in [1.54, 1.807) is 12.1 Å². The summed E-state index contributed by atoms with van der Waals surface area (Å²) in [5, 5.41) is 9.72. The molecule has 0 saturated heterocycles. The minimum Gasteiger partial charge on any atom is -0.507 e. The van der Waals surface area contributed by atoms with E-state index in [1.807, 2.05) is 22.6 Å². The van der Waals surface area contributed by atoms with Crippen molar-refractivity contribution < 1.29 is 5.11 Å². The molecule has 0 bridgehead atoms. The smallest absolute Gasteiger partial charge is 0.131 e. The van der Waals surface area contributed by atoms with Gasteiger partial charge in [-0.25, -0.2) is 0 Å². The van der Waals surface area contributed by atoms with Gasteiger partial charge in [0.15, 0.2) is 0 Å². The van der Waals surface area contributed by atoms with Gasteiger partial charge < -0.3 is 5.11 Å². The molecule has 4 heteroatoms. The topological polar surface area (TPSA) is 20.2 Å². The molecule has 0 aromatic heterocycles. The number of hydrogen-bond acceptors (Lipinski definition) is 1. The van der Waals surface area contributed by atoms with E-state index in [9.17, 15) is 0 Å². The molecule has 1 aromatic rings. The van der Waals surface area contributed by atoms with Crippen LogP contribution in [0.15, 0.2) is 16.6 Å². The zero-order valence-corrected chi connectivity index (χ0v) is 9.24. The fourth-order valence-electron chi connectivity index (χ4n) is 0.542. The number of phenolic OH excluding ortho intramolecular Hbond substituents is 1. The highest BCUT2D eigenvalue weighted by molar-refractivity contribution is 14.1. The minimum absolute atomic E-state index is 0.208. The van der Waals surface area contributed by atoms with Gasteiger partial charge in [0.05, 0.1) is 8.59 Å². The molecule has 1 rings (SSSR count). The lowest BCUT2D eigenvalue weighted by atomic mass is 10.3. The second-order valence-corrected chi connectivity index (χ2v) is 4.12. The van der Waals surface area contributed by atoms with Crippen LogP contribution in [0.4, 0.5) is 0 Å². The van der Waals surface area contributed by atoms with Crippen LogP contribution in [0.1, 0.15) is 0 Å². The fraction of sp³-hybridized carbons (Fsp3) is 0. The van der Waals surface area contributed by atoms with Crippen molar-refractivity contribution in [2.24, 2.45) is 0 Å². The molecule has 0 fully saturated rings. The van der Waals surface area contributed by atoms with Gasteiger partial charge in [0.1, 0.15) is 5.75 Å². The summed E-state index contributed by atoms with van der Waals surface area (Å²) in [5.74, 6) is 0.208. The molecule has 54 valence electrons. The van der Waals surface area contributed by atoms with Gasteiger partial charge in [-0.15, -0.1) is 0 Å². The zero-order valence-electron chi connectivity index (χ0n) is 4.74. The predicted molar refractivity (Wildman–Crippen MR) is 53.5 cm³/mol. The molecule has 0 heterocycles. The van der Waals surface area contributed by atoms with Gasteiger partial charge in [0, 0.05) is 4.47 Å². The van der Waals surface area contributed by atoms with E-state index in [1.165, 1.54) is 0 Å². The second kappa shape index (κ2) is 3.28. The lowest BCUT2D eigenvalue weighted by molar-refractivity contribution is 0.471. The molecule has 0 aliphatic heterocycles. The Bertz CT molecular complexity index is 241. The van der Waals surface area contributed by atoms with E-state index in [-0.39, 0.29) is 5.75 Å². The molecule has 0 unspecified atom stereocenters. The highest BCUT2D eigenvalue weighted by Crippen LogP contribution is 2.30. The summed E-state index contributed by atoms with van der Waals surface area (Å²) in [6, 6.07) is 3.34. The van der Waals surface area contributed by atoms with Crippen molar-refractivity contribution in [1.29, 1.82) is 0 Å². The van der Waals surface area contributed by atoms with Crippen LogP contribution in [0.25, 0.3) is 0 Å². The number of benzene rings is 1. The summed E-state index contributed by atoms with van der Waals surface area (Å²) in [7, 11) is 0. The summed E-state index contributed by atoms with van der Waals surface area (Å²) in [5.41, 5.74) is 0. The van der Waals surface area contributed by atoms with Crippen LogP contribution in [0.2, 0.25) is 5.02 Å². The Morgan fingerprint density at radius 1 is 1.50 bits per heavy atom. The van der Waals surface area contributed by atoms with Crippen LogP contribution in [-0.4, -0.2) is 5.11 Å². The molecule has 1 nitrogen and oxygen atoms in total. The molecule has 0 radical (unpaired) electrons.